The predicted octanol–water partition coefficient (Wildman–Crippen LogP) is 2.66. The van der Waals surface area contributed by atoms with Gasteiger partial charge in [-0.3, -0.25) is 0 Å². The van der Waals surface area contributed by atoms with E-state index in [9.17, 15) is 17.2 Å². The third kappa shape index (κ3) is 3.28. The summed E-state index contributed by atoms with van der Waals surface area (Å²) in [7, 11) is -4.01. The van der Waals surface area contributed by atoms with Crippen molar-refractivity contribution < 1.29 is 17.2 Å². The van der Waals surface area contributed by atoms with Crippen LogP contribution in [0.5, 0.6) is 0 Å². The lowest BCUT2D eigenvalue weighted by molar-refractivity contribution is 0.380. The molecule has 9 heteroatoms. The van der Waals surface area contributed by atoms with Crippen molar-refractivity contribution >= 4 is 27.0 Å². The number of imidazole rings is 1. The van der Waals surface area contributed by atoms with E-state index in [0.717, 1.165) is 28.7 Å². The molecule has 1 aromatic heterocycles. The van der Waals surface area contributed by atoms with E-state index in [4.69, 9.17) is 0 Å². The van der Waals surface area contributed by atoms with Crippen LogP contribution in [0.3, 0.4) is 0 Å². The summed E-state index contributed by atoms with van der Waals surface area (Å²) in [6, 6.07) is 8.41. The Balaban J connectivity index is 1.52. The van der Waals surface area contributed by atoms with Gasteiger partial charge in [-0.15, -0.1) is 0 Å². The first kappa shape index (κ1) is 17.9. The Morgan fingerprint density at radius 2 is 1.78 bits per heavy atom. The summed E-state index contributed by atoms with van der Waals surface area (Å²) in [5.41, 5.74) is 2.89. The fourth-order valence-electron chi connectivity index (χ4n) is 3.22. The molecular formula is C18H18F2N4O2S. The molecule has 3 aromatic rings. The summed E-state index contributed by atoms with van der Waals surface area (Å²) in [5.74, 6) is -1.21. The quantitative estimate of drug-likeness (QED) is 0.744. The molecule has 2 aromatic carbocycles. The molecule has 0 atom stereocenters. The van der Waals surface area contributed by atoms with E-state index in [0.29, 0.717) is 25.1 Å². The minimum atomic E-state index is -4.01. The van der Waals surface area contributed by atoms with Crippen molar-refractivity contribution in [2.24, 2.45) is 0 Å². The highest BCUT2D eigenvalue weighted by Gasteiger charge is 2.31. The number of nitrogens with one attached hydrogen (secondary N) is 1. The van der Waals surface area contributed by atoms with Gasteiger partial charge < -0.3 is 9.88 Å². The van der Waals surface area contributed by atoms with Crippen LogP contribution in [-0.4, -0.2) is 48.9 Å². The lowest BCUT2D eigenvalue weighted by atomic mass is 10.2. The Morgan fingerprint density at radius 1 is 1.04 bits per heavy atom. The molecule has 1 N–H and O–H groups in total. The Bertz CT molecular complexity index is 1110. The summed E-state index contributed by atoms with van der Waals surface area (Å²) < 4.78 is 53.5. The highest BCUT2D eigenvalue weighted by molar-refractivity contribution is 7.89. The van der Waals surface area contributed by atoms with Crippen LogP contribution in [0.4, 0.5) is 14.7 Å². The highest BCUT2D eigenvalue weighted by Crippen LogP contribution is 2.24. The normalized spacial score (nSPS) is 16.2. The van der Waals surface area contributed by atoms with E-state index < -0.39 is 26.6 Å². The summed E-state index contributed by atoms with van der Waals surface area (Å²) in [6.45, 7) is 3.21. The van der Waals surface area contributed by atoms with Crippen LogP contribution in [0.15, 0.2) is 41.3 Å². The number of aromatic amines is 1. The Labute approximate surface area is 155 Å². The van der Waals surface area contributed by atoms with E-state index in [2.05, 4.69) is 9.97 Å². The number of benzene rings is 2. The van der Waals surface area contributed by atoms with Crippen molar-refractivity contribution in [3.63, 3.8) is 0 Å². The molecule has 1 aliphatic heterocycles. The number of hydrogen-bond donors (Lipinski definition) is 1. The molecule has 6 nitrogen and oxygen atoms in total. The van der Waals surface area contributed by atoms with Gasteiger partial charge in [-0.2, -0.15) is 4.31 Å². The van der Waals surface area contributed by atoms with Gasteiger partial charge in [0.25, 0.3) is 0 Å². The number of rotatable bonds is 3. The van der Waals surface area contributed by atoms with Crippen molar-refractivity contribution in [1.82, 2.24) is 14.3 Å². The molecule has 0 unspecified atom stereocenters. The number of aryl methyl sites for hydroxylation is 1. The number of sulfonamides is 1. The summed E-state index contributed by atoms with van der Waals surface area (Å²) in [6.07, 6.45) is 0. The number of aromatic nitrogens is 2. The average molecular weight is 392 g/mol. The first-order valence-corrected chi connectivity index (χ1v) is 9.95. The van der Waals surface area contributed by atoms with E-state index in [1.165, 1.54) is 4.31 Å². The molecule has 0 amide bonds. The molecular weight excluding hydrogens is 374 g/mol. The Kier molecular flexibility index (Phi) is 4.35. The second-order valence-electron chi connectivity index (χ2n) is 6.55. The molecule has 142 valence electrons. The lowest BCUT2D eigenvalue weighted by Crippen LogP contribution is -2.49. The van der Waals surface area contributed by atoms with Gasteiger partial charge in [0.2, 0.25) is 16.0 Å². The molecule has 0 spiro atoms. The van der Waals surface area contributed by atoms with Gasteiger partial charge >= 0.3 is 0 Å². The third-order valence-electron chi connectivity index (χ3n) is 4.67. The SMILES string of the molecule is Cc1ccc2nc(N3CCN(S(=O)(=O)c4ccc(F)cc4F)CC3)[nH]c2c1. The topological polar surface area (TPSA) is 69.3 Å². The van der Waals surface area contributed by atoms with E-state index in [-0.39, 0.29) is 13.1 Å². The average Bonchev–Trinajstić information content (AvgIpc) is 3.04. The molecule has 0 aliphatic carbocycles. The minimum absolute atomic E-state index is 0.190. The van der Waals surface area contributed by atoms with Crippen LogP contribution in [0, 0.1) is 18.6 Å². The Hall–Kier alpha value is -2.52. The number of piperazine rings is 1. The van der Waals surface area contributed by atoms with Crippen molar-refractivity contribution in [2.75, 3.05) is 31.1 Å². The highest BCUT2D eigenvalue weighted by atomic mass is 32.2. The molecule has 0 radical (unpaired) electrons. The molecule has 0 bridgehead atoms. The van der Waals surface area contributed by atoms with Gasteiger partial charge in [0.1, 0.15) is 16.5 Å². The van der Waals surface area contributed by atoms with Crippen LogP contribution >= 0.6 is 0 Å². The summed E-state index contributed by atoms with van der Waals surface area (Å²) >= 11 is 0. The van der Waals surface area contributed by atoms with E-state index in [1.807, 2.05) is 30.0 Å². The zero-order chi connectivity index (χ0) is 19.2. The second kappa shape index (κ2) is 6.58. The smallest absolute Gasteiger partial charge is 0.246 e. The molecule has 1 saturated heterocycles. The van der Waals surface area contributed by atoms with E-state index >= 15 is 0 Å². The van der Waals surface area contributed by atoms with Crippen molar-refractivity contribution in [3.05, 3.63) is 53.6 Å². The fourth-order valence-corrected chi connectivity index (χ4v) is 4.69. The first-order chi connectivity index (χ1) is 12.8. The largest absolute Gasteiger partial charge is 0.340 e. The Morgan fingerprint density at radius 3 is 2.48 bits per heavy atom. The zero-order valence-electron chi connectivity index (χ0n) is 14.6. The van der Waals surface area contributed by atoms with E-state index in [1.54, 1.807) is 0 Å². The van der Waals surface area contributed by atoms with Crippen LogP contribution in [0.2, 0.25) is 0 Å². The number of nitrogens with zero attached hydrogens (tertiary/aromatic N) is 3. The third-order valence-corrected chi connectivity index (χ3v) is 6.61. The number of H-pyrrole nitrogens is 1. The van der Waals surface area contributed by atoms with Crippen LogP contribution in [0.1, 0.15) is 5.56 Å². The van der Waals surface area contributed by atoms with Gasteiger partial charge in [-0.05, 0) is 36.8 Å². The zero-order valence-corrected chi connectivity index (χ0v) is 15.4. The van der Waals surface area contributed by atoms with Gasteiger partial charge in [0.05, 0.1) is 11.0 Å². The van der Waals surface area contributed by atoms with Gasteiger partial charge in [0, 0.05) is 32.2 Å². The van der Waals surface area contributed by atoms with Crippen molar-refractivity contribution in [3.8, 4) is 0 Å². The number of anilines is 1. The van der Waals surface area contributed by atoms with Crippen molar-refractivity contribution in [1.29, 1.82) is 0 Å². The molecule has 27 heavy (non-hydrogen) atoms. The van der Waals surface area contributed by atoms with Gasteiger partial charge in [-0.25, -0.2) is 22.2 Å². The van der Waals surface area contributed by atoms with Crippen LogP contribution in [-0.2, 0) is 10.0 Å². The predicted molar refractivity (Wildman–Crippen MR) is 98.2 cm³/mol. The summed E-state index contributed by atoms with van der Waals surface area (Å²) in [5, 5.41) is 0. The minimum Gasteiger partial charge on any atom is -0.340 e. The number of fused-ring (bicyclic) bond motifs is 1. The molecule has 2 heterocycles. The maximum absolute atomic E-state index is 13.9. The van der Waals surface area contributed by atoms with Gasteiger partial charge in [-0.1, -0.05) is 6.07 Å². The lowest BCUT2D eigenvalue weighted by Gasteiger charge is -2.33. The fraction of sp³-hybridized carbons (Fsp3) is 0.278. The second-order valence-corrected chi connectivity index (χ2v) is 8.45. The monoisotopic (exact) mass is 392 g/mol. The summed E-state index contributed by atoms with van der Waals surface area (Å²) in [4.78, 5) is 9.26. The van der Waals surface area contributed by atoms with Crippen LogP contribution in [0.25, 0.3) is 11.0 Å². The first-order valence-electron chi connectivity index (χ1n) is 8.51. The number of hydrogen-bond acceptors (Lipinski definition) is 4. The molecule has 1 fully saturated rings. The van der Waals surface area contributed by atoms with Crippen LogP contribution < -0.4 is 4.90 Å². The molecule has 1 aliphatic rings. The van der Waals surface area contributed by atoms with Crippen molar-refractivity contribution in [2.45, 2.75) is 11.8 Å². The maximum Gasteiger partial charge on any atom is 0.246 e. The molecule has 4 rings (SSSR count). The number of halogens is 2. The van der Waals surface area contributed by atoms with Gasteiger partial charge in [0.15, 0.2) is 0 Å². The maximum atomic E-state index is 13.9. The standard InChI is InChI=1S/C18H18F2N4O2S/c1-12-2-4-15-16(10-12)22-18(21-15)23-6-8-24(9-7-23)27(25,26)17-5-3-13(19)11-14(17)20/h2-5,10-11H,6-9H2,1H3,(H,21,22). The molecule has 0 saturated carbocycles.